The summed E-state index contributed by atoms with van der Waals surface area (Å²) in [7, 11) is 0. The van der Waals surface area contributed by atoms with Crippen molar-refractivity contribution in [2.24, 2.45) is 11.3 Å². The standard InChI is InChI=1S/C14H19S/c1-14(2,3)10-13(11-15)9-12-7-5-4-6-8-12/h4-8,13H,9-10H2,1-3H3. The van der Waals surface area contributed by atoms with Gasteiger partial charge in [0.2, 0.25) is 0 Å². The number of thiocarbonyl (C=S) groups is 1. The third-order valence-corrected chi connectivity index (χ3v) is 2.68. The average molecular weight is 219 g/mol. The van der Waals surface area contributed by atoms with Crippen molar-refractivity contribution in [2.75, 3.05) is 0 Å². The van der Waals surface area contributed by atoms with E-state index in [1.165, 1.54) is 5.56 Å². The zero-order chi connectivity index (χ0) is 11.3. The Labute approximate surface area is 98.7 Å². The van der Waals surface area contributed by atoms with Crippen LogP contribution in [0.15, 0.2) is 30.3 Å². The van der Waals surface area contributed by atoms with Crippen LogP contribution in [-0.2, 0) is 6.42 Å². The average Bonchev–Trinajstić information content (AvgIpc) is 2.16. The van der Waals surface area contributed by atoms with Crippen molar-refractivity contribution in [3.05, 3.63) is 35.9 Å². The van der Waals surface area contributed by atoms with Crippen LogP contribution in [0.3, 0.4) is 0 Å². The second-order valence-electron chi connectivity index (χ2n) is 5.27. The molecule has 0 bridgehead atoms. The van der Waals surface area contributed by atoms with Crippen LogP contribution in [0.4, 0.5) is 0 Å². The van der Waals surface area contributed by atoms with Crippen molar-refractivity contribution in [1.29, 1.82) is 0 Å². The lowest BCUT2D eigenvalue weighted by atomic mass is 9.83. The monoisotopic (exact) mass is 219 g/mol. The van der Waals surface area contributed by atoms with Gasteiger partial charge in [-0.3, -0.25) is 0 Å². The summed E-state index contributed by atoms with van der Waals surface area (Å²) in [4.78, 5) is 0. The summed E-state index contributed by atoms with van der Waals surface area (Å²) in [6, 6.07) is 10.5. The van der Waals surface area contributed by atoms with Gasteiger partial charge in [-0.2, -0.15) is 0 Å². The molecule has 15 heavy (non-hydrogen) atoms. The quantitative estimate of drug-likeness (QED) is 0.685. The first kappa shape index (κ1) is 12.4. The van der Waals surface area contributed by atoms with Crippen molar-refractivity contribution in [1.82, 2.24) is 0 Å². The predicted octanol–water partition coefficient (Wildman–Crippen LogP) is 4.16. The van der Waals surface area contributed by atoms with Crippen LogP contribution in [0.25, 0.3) is 0 Å². The van der Waals surface area contributed by atoms with E-state index in [1.807, 2.05) is 6.07 Å². The molecule has 1 atom stereocenters. The largest absolute Gasteiger partial charge is 0.0834 e. The molecular weight excluding hydrogens is 200 g/mol. The van der Waals surface area contributed by atoms with Gasteiger partial charge >= 0.3 is 0 Å². The van der Waals surface area contributed by atoms with Gasteiger partial charge in [0, 0.05) is 5.37 Å². The van der Waals surface area contributed by atoms with Crippen molar-refractivity contribution in [2.45, 2.75) is 33.6 Å². The van der Waals surface area contributed by atoms with E-state index < -0.39 is 0 Å². The van der Waals surface area contributed by atoms with E-state index in [2.05, 4.69) is 50.4 Å². The summed E-state index contributed by atoms with van der Waals surface area (Å²) in [6.07, 6.45) is 2.12. The van der Waals surface area contributed by atoms with Crippen LogP contribution in [0.5, 0.6) is 0 Å². The lowest BCUT2D eigenvalue weighted by Gasteiger charge is -2.22. The van der Waals surface area contributed by atoms with Gasteiger partial charge in [0.05, 0.1) is 0 Å². The van der Waals surface area contributed by atoms with Gasteiger partial charge in [0.25, 0.3) is 0 Å². The smallest absolute Gasteiger partial charge is 0.0328 e. The minimum Gasteiger partial charge on any atom is -0.0834 e. The van der Waals surface area contributed by atoms with Gasteiger partial charge in [-0.05, 0) is 29.7 Å². The van der Waals surface area contributed by atoms with Crippen molar-refractivity contribution in [3.63, 3.8) is 0 Å². The second kappa shape index (κ2) is 5.41. The Hall–Kier alpha value is -0.690. The summed E-state index contributed by atoms with van der Waals surface area (Å²) in [5.74, 6) is 0.391. The first-order valence-corrected chi connectivity index (χ1v) is 5.84. The molecule has 1 radical (unpaired) electrons. The molecule has 0 amide bonds. The number of hydrogen-bond donors (Lipinski definition) is 0. The van der Waals surface area contributed by atoms with Gasteiger partial charge < -0.3 is 0 Å². The Kier molecular flexibility index (Phi) is 4.46. The molecule has 81 valence electrons. The molecule has 0 spiro atoms. The Morgan fingerprint density at radius 2 is 1.80 bits per heavy atom. The van der Waals surface area contributed by atoms with E-state index in [1.54, 1.807) is 0 Å². The highest BCUT2D eigenvalue weighted by Crippen LogP contribution is 2.25. The topological polar surface area (TPSA) is 0 Å². The van der Waals surface area contributed by atoms with Gasteiger partial charge in [0.15, 0.2) is 0 Å². The molecule has 0 heterocycles. The molecule has 1 unspecified atom stereocenters. The fourth-order valence-electron chi connectivity index (χ4n) is 1.79. The van der Waals surface area contributed by atoms with Crippen molar-refractivity contribution < 1.29 is 0 Å². The molecule has 0 aromatic heterocycles. The zero-order valence-electron chi connectivity index (χ0n) is 9.79. The maximum Gasteiger partial charge on any atom is 0.0328 e. The van der Waals surface area contributed by atoms with E-state index in [4.69, 9.17) is 12.2 Å². The summed E-state index contributed by atoms with van der Waals surface area (Å²) in [6.45, 7) is 6.74. The van der Waals surface area contributed by atoms with Crippen LogP contribution < -0.4 is 0 Å². The molecule has 0 aliphatic carbocycles. The highest BCUT2D eigenvalue weighted by Gasteiger charge is 2.17. The maximum atomic E-state index is 4.99. The Morgan fingerprint density at radius 3 is 2.27 bits per heavy atom. The number of benzene rings is 1. The van der Waals surface area contributed by atoms with E-state index in [0.717, 1.165) is 12.8 Å². The normalized spacial score (nSPS) is 13.5. The molecule has 1 aromatic carbocycles. The molecule has 0 fully saturated rings. The Balaban J connectivity index is 2.59. The van der Waals surface area contributed by atoms with E-state index >= 15 is 0 Å². The van der Waals surface area contributed by atoms with Crippen LogP contribution >= 0.6 is 12.2 Å². The summed E-state index contributed by atoms with van der Waals surface area (Å²) < 4.78 is 0. The zero-order valence-corrected chi connectivity index (χ0v) is 10.6. The van der Waals surface area contributed by atoms with Crippen LogP contribution in [0.2, 0.25) is 0 Å². The Morgan fingerprint density at radius 1 is 1.20 bits per heavy atom. The van der Waals surface area contributed by atoms with Crippen LogP contribution in [0, 0.1) is 11.3 Å². The fraction of sp³-hybridized carbons (Fsp3) is 0.500. The van der Waals surface area contributed by atoms with Crippen LogP contribution in [-0.4, -0.2) is 5.37 Å². The summed E-state index contributed by atoms with van der Waals surface area (Å²) in [5.41, 5.74) is 1.68. The molecule has 0 saturated heterocycles. The third kappa shape index (κ3) is 5.08. The molecular formula is C14H19S. The lowest BCUT2D eigenvalue weighted by Crippen LogP contribution is -2.15. The van der Waals surface area contributed by atoms with E-state index in [9.17, 15) is 0 Å². The van der Waals surface area contributed by atoms with E-state index in [-0.39, 0.29) is 0 Å². The summed E-state index contributed by atoms with van der Waals surface area (Å²) in [5, 5.41) is 2.99. The number of hydrogen-bond acceptors (Lipinski definition) is 1. The minimum atomic E-state index is 0.325. The van der Waals surface area contributed by atoms with Gasteiger partial charge in [-0.25, -0.2) is 0 Å². The Bertz CT molecular complexity index is 295. The van der Waals surface area contributed by atoms with Crippen LogP contribution in [0.1, 0.15) is 32.8 Å². The first-order valence-electron chi connectivity index (χ1n) is 5.43. The lowest BCUT2D eigenvalue weighted by molar-refractivity contribution is 0.338. The molecule has 1 rings (SSSR count). The van der Waals surface area contributed by atoms with Crippen molar-refractivity contribution in [3.8, 4) is 0 Å². The molecule has 0 nitrogen and oxygen atoms in total. The molecule has 0 N–H and O–H groups in total. The number of rotatable bonds is 4. The molecule has 0 aliphatic heterocycles. The minimum absolute atomic E-state index is 0.325. The molecule has 1 aromatic rings. The molecule has 0 aliphatic rings. The first-order chi connectivity index (χ1) is 7.01. The van der Waals surface area contributed by atoms with Gasteiger partial charge in [0.1, 0.15) is 0 Å². The van der Waals surface area contributed by atoms with Gasteiger partial charge in [-0.1, -0.05) is 63.3 Å². The van der Waals surface area contributed by atoms with E-state index in [0.29, 0.717) is 11.3 Å². The maximum absolute atomic E-state index is 4.99. The fourth-order valence-corrected chi connectivity index (χ4v) is 1.96. The molecule has 1 heteroatoms. The highest BCUT2D eigenvalue weighted by atomic mass is 32.1. The second-order valence-corrected chi connectivity index (χ2v) is 5.50. The predicted molar refractivity (Wildman–Crippen MR) is 70.3 cm³/mol. The SMILES string of the molecule is CC(C)(C)CC([C]=S)Cc1ccccc1. The highest BCUT2D eigenvalue weighted by molar-refractivity contribution is 7.79. The van der Waals surface area contributed by atoms with Crippen molar-refractivity contribution >= 4 is 17.6 Å². The molecule has 0 saturated carbocycles. The summed E-state index contributed by atoms with van der Waals surface area (Å²) >= 11 is 4.99. The third-order valence-electron chi connectivity index (χ3n) is 2.35. The van der Waals surface area contributed by atoms with Gasteiger partial charge in [-0.15, -0.1) is 0 Å².